The zero-order chi connectivity index (χ0) is 10.6. The van der Waals surface area contributed by atoms with Crippen molar-refractivity contribution >= 4 is 21.9 Å². The van der Waals surface area contributed by atoms with Gasteiger partial charge in [-0.25, -0.2) is 15.2 Å². The summed E-state index contributed by atoms with van der Waals surface area (Å²) < 4.78 is 13.6. The molecule has 4 nitrogen and oxygen atoms in total. The lowest BCUT2D eigenvalue weighted by atomic mass is 10.2. The van der Waals surface area contributed by atoms with Gasteiger partial charge < -0.3 is 5.73 Å². The van der Waals surface area contributed by atoms with Crippen LogP contribution in [0.5, 0.6) is 0 Å². The summed E-state index contributed by atoms with van der Waals surface area (Å²) in [4.78, 5) is 3.88. The van der Waals surface area contributed by atoms with E-state index < -0.39 is 0 Å². The number of hydrogen-bond acceptors (Lipinski definition) is 2. The maximum Gasteiger partial charge on any atom is 0.203 e. The molecule has 1 aromatic carbocycles. The Bertz CT molecular complexity index is 353. The minimum atomic E-state index is -0.308. The van der Waals surface area contributed by atoms with E-state index in [1.54, 1.807) is 6.07 Å². The Hall–Kier alpha value is -1.14. The molecule has 76 valence electrons. The molecule has 5 N–H and O–H groups in total. The van der Waals surface area contributed by atoms with Crippen LogP contribution in [0.25, 0.3) is 0 Å². The van der Waals surface area contributed by atoms with Crippen LogP contribution in [-0.2, 0) is 6.54 Å². The number of nitrogens with zero attached hydrogens (tertiary/aromatic N) is 1. The molecule has 0 atom stereocenters. The molecule has 0 fully saturated rings. The first-order valence-electron chi connectivity index (χ1n) is 3.84. The fourth-order valence-corrected chi connectivity index (χ4v) is 1.25. The summed E-state index contributed by atoms with van der Waals surface area (Å²) in [7, 11) is 0. The molecule has 0 aliphatic carbocycles. The van der Waals surface area contributed by atoms with Crippen molar-refractivity contribution in [2.45, 2.75) is 6.54 Å². The third-order valence-corrected chi connectivity index (χ3v) is 2.35. The second-order valence-corrected chi connectivity index (χ2v) is 3.44. The van der Waals surface area contributed by atoms with Crippen LogP contribution in [0.15, 0.2) is 27.7 Å². The Kier molecular flexibility index (Phi) is 3.84. The molecule has 0 radical (unpaired) electrons. The van der Waals surface area contributed by atoms with Crippen molar-refractivity contribution < 1.29 is 4.39 Å². The summed E-state index contributed by atoms with van der Waals surface area (Å²) >= 11 is 3.27. The normalized spacial score (nSPS) is 11.5. The predicted molar refractivity (Wildman–Crippen MR) is 56.7 cm³/mol. The van der Waals surface area contributed by atoms with Gasteiger partial charge in [-0.1, -0.05) is 15.9 Å². The smallest absolute Gasteiger partial charge is 0.203 e. The number of rotatable bonds is 2. The van der Waals surface area contributed by atoms with E-state index in [0.29, 0.717) is 5.56 Å². The summed E-state index contributed by atoms with van der Waals surface area (Å²) in [5, 5.41) is 0. The highest BCUT2D eigenvalue weighted by Crippen LogP contribution is 2.18. The average molecular weight is 261 g/mol. The van der Waals surface area contributed by atoms with Crippen molar-refractivity contribution in [1.82, 2.24) is 5.43 Å². The van der Waals surface area contributed by atoms with Crippen molar-refractivity contribution in [3.05, 3.63) is 34.1 Å². The Morgan fingerprint density at radius 3 is 2.93 bits per heavy atom. The number of benzene rings is 1. The summed E-state index contributed by atoms with van der Waals surface area (Å²) in [6.45, 7) is 0.272. The monoisotopic (exact) mass is 260 g/mol. The molecule has 14 heavy (non-hydrogen) atoms. The number of hydrazine groups is 1. The first kappa shape index (κ1) is 10.9. The summed E-state index contributed by atoms with van der Waals surface area (Å²) in [5.41, 5.74) is 8.21. The van der Waals surface area contributed by atoms with E-state index in [9.17, 15) is 4.39 Å². The third kappa shape index (κ3) is 2.97. The molecule has 0 amide bonds. The zero-order valence-corrected chi connectivity index (χ0v) is 8.88. The van der Waals surface area contributed by atoms with Crippen molar-refractivity contribution in [2.24, 2.45) is 16.6 Å². The van der Waals surface area contributed by atoms with Gasteiger partial charge in [-0.3, -0.25) is 5.43 Å². The van der Waals surface area contributed by atoms with Gasteiger partial charge in [-0.15, -0.1) is 0 Å². The van der Waals surface area contributed by atoms with Gasteiger partial charge in [0, 0.05) is 4.47 Å². The Morgan fingerprint density at radius 2 is 2.29 bits per heavy atom. The van der Waals surface area contributed by atoms with Crippen LogP contribution in [0.2, 0.25) is 0 Å². The van der Waals surface area contributed by atoms with Crippen LogP contribution in [0, 0.1) is 5.82 Å². The maximum absolute atomic E-state index is 12.8. The number of nitrogens with one attached hydrogen (secondary N) is 1. The van der Waals surface area contributed by atoms with E-state index in [0.717, 1.165) is 4.47 Å². The summed E-state index contributed by atoms with van der Waals surface area (Å²) in [6, 6.07) is 4.37. The van der Waals surface area contributed by atoms with E-state index in [-0.39, 0.29) is 18.3 Å². The molecule has 0 aromatic heterocycles. The van der Waals surface area contributed by atoms with Crippen molar-refractivity contribution in [1.29, 1.82) is 0 Å². The highest BCUT2D eigenvalue weighted by Gasteiger charge is 2.00. The average Bonchev–Trinajstić information content (AvgIpc) is 2.19. The molecule has 0 heterocycles. The Morgan fingerprint density at radius 1 is 1.57 bits per heavy atom. The number of hydrogen-bond donors (Lipinski definition) is 3. The largest absolute Gasteiger partial charge is 0.369 e. The van der Waals surface area contributed by atoms with E-state index in [4.69, 9.17) is 11.6 Å². The fourth-order valence-electron chi connectivity index (χ4n) is 0.880. The Labute approximate surface area is 89.3 Å². The SMILES string of the molecule is NNC(N)=NCc1cc(F)ccc1Br. The molecule has 1 aromatic rings. The van der Waals surface area contributed by atoms with Crippen LogP contribution < -0.4 is 17.0 Å². The number of halogens is 2. The van der Waals surface area contributed by atoms with Gasteiger partial charge in [-0.05, 0) is 23.8 Å². The molecule has 0 saturated heterocycles. The van der Waals surface area contributed by atoms with E-state index in [1.807, 2.05) is 0 Å². The topological polar surface area (TPSA) is 76.4 Å². The summed E-state index contributed by atoms with van der Waals surface area (Å²) in [6.07, 6.45) is 0. The first-order valence-corrected chi connectivity index (χ1v) is 4.63. The molecule has 0 aliphatic heterocycles. The minimum absolute atomic E-state index is 0.112. The van der Waals surface area contributed by atoms with Gasteiger partial charge in [-0.2, -0.15) is 0 Å². The van der Waals surface area contributed by atoms with Crippen molar-refractivity contribution in [3.8, 4) is 0 Å². The van der Waals surface area contributed by atoms with Crippen LogP contribution >= 0.6 is 15.9 Å². The van der Waals surface area contributed by atoms with Crippen molar-refractivity contribution in [3.63, 3.8) is 0 Å². The second-order valence-electron chi connectivity index (χ2n) is 2.58. The molecule has 1 rings (SSSR count). The van der Waals surface area contributed by atoms with Gasteiger partial charge in [0.2, 0.25) is 5.96 Å². The molecular weight excluding hydrogens is 251 g/mol. The van der Waals surface area contributed by atoms with Gasteiger partial charge >= 0.3 is 0 Å². The van der Waals surface area contributed by atoms with Crippen LogP contribution in [-0.4, -0.2) is 5.96 Å². The van der Waals surface area contributed by atoms with Crippen molar-refractivity contribution in [2.75, 3.05) is 0 Å². The quantitative estimate of drug-likeness (QED) is 0.320. The zero-order valence-electron chi connectivity index (χ0n) is 7.30. The van der Waals surface area contributed by atoms with Gasteiger partial charge in [0.25, 0.3) is 0 Å². The van der Waals surface area contributed by atoms with E-state index in [1.165, 1.54) is 12.1 Å². The number of guanidine groups is 1. The van der Waals surface area contributed by atoms with Crippen LogP contribution in [0.3, 0.4) is 0 Å². The standard InChI is InChI=1S/C8H10BrFN4/c9-7-2-1-6(10)3-5(7)4-13-8(11)14-12/h1-3H,4,12H2,(H3,11,13,14). The fraction of sp³-hybridized carbons (Fsp3) is 0.125. The van der Waals surface area contributed by atoms with Crippen LogP contribution in [0.1, 0.15) is 5.56 Å². The van der Waals surface area contributed by atoms with Gasteiger partial charge in [0.05, 0.1) is 6.54 Å². The van der Waals surface area contributed by atoms with Gasteiger partial charge in [0.15, 0.2) is 0 Å². The molecule has 0 unspecified atom stereocenters. The molecule has 0 saturated carbocycles. The molecule has 0 bridgehead atoms. The van der Waals surface area contributed by atoms with Gasteiger partial charge in [0.1, 0.15) is 5.82 Å². The molecule has 6 heteroatoms. The lowest BCUT2D eigenvalue weighted by Gasteiger charge is -2.02. The highest BCUT2D eigenvalue weighted by molar-refractivity contribution is 9.10. The lowest BCUT2D eigenvalue weighted by Crippen LogP contribution is -2.37. The summed E-state index contributed by atoms with van der Waals surface area (Å²) in [5.74, 6) is 4.82. The minimum Gasteiger partial charge on any atom is -0.369 e. The van der Waals surface area contributed by atoms with E-state index in [2.05, 4.69) is 26.3 Å². The number of aliphatic imine (C=N–C) groups is 1. The maximum atomic E-state index is 12.8. The van der Waals surface area contributed by atoms with E-state index >= 15 is 0 Å². The molecule has 0 aliphatic rings. The van der Waals surface area contributed by atoms with Crippen LogP contribution in [0.4, 0.5) is 4.39 Å². The first-order chi connectivity index (χ1) is 6.63. The lowest BCUT2D eigenvalue weighted by molar-refractivity contribution is 0.625. The second kappa shape index (κ2) is 4.92. The highest BCUT2D eigenvalue weighted by atomic mass is 79.9. The number of nitrogens with two attached hydrogens (primary N) is 2. The molecular formula is C8H10BrFN4. The molecule has 0 spiro atoms. The predicted octanol–water partition coefficient (Wildman–Crippen LogP) is 0.866. The third-order valence-electron chi connectivity index (χ3n) is 1.58. The Balaban J connectivity index is 2.81.